The zero-order chi connectivity index (χ0) is 28.1. The van der Waals surface area contributed by atoms with Crippen LogP contribution in [0.25, 0.3) is 27.8 Å². The van der Waals surface area contributed by atoms with Crippen LogP contribution in [0, 0.1) is 35.2 Å². The molecule has 0 N–H and O–H groups in total. The molecule has 1 fully saturated rings. The first-order valence-corrected chi connectivity index (χ1v) is 14.8. The van der Waals surface area contributed by atoms with Gasteiger partial charge in [0, 0.05) is 11.1 Å². The van der Waals surface area contributed by atoms with Crippen LogP contribution >= 0.6 is 0 Å². The lowest BCUT2D eigenvalue weighted by Gasteiger charge is -2.35. The summed E-state index contributed by atoms with van der Waals surface area (Å²) in [6.45, 7) is 4.12. The lowest BCUT2D eigenvalue weighted by atomic mass is 9.70. The summed E-state index contributed by atoms with van der Waals surface area (Å²) in [5, 5.41) is 0. The minimum Gasteiger partial charge on any atom is -0.500 e. The summed E-state index contributed by atoms with van der Waals surface area (Å²) < 4.78 is 49.4. The monoisotopic (exact) mass is 542 g/mol. The van der Waals surface area contributed by atoms with Crippen LogP contribution in [0.2, 0.25) is 0 Å². The highest BCUT2D eigenvalue weighted by molar-refractivity contribution is 6.08. The van der Waals surface area contributed by atoms with Gasteiger partial charge in [-0.2, -0.15) is 4.39 Å². The molecule has 2 aliphatic carbocycles. The highest BCUT2D eigenvalue weighted by Crippen LogP contribution is 2.42. The zero-order valence-corrected chi connectivity index (χ0v) is 23.4. The Kier molecular flexibility index (Phi) is 9.19. The molecule has 40 heavy (non-hydrogen) atoms. The van der Waals surface area contributed by atoms with E-state index in [0.717, 1.165) is 60.1 Å². The summed E-state index contributed by atoms with van der Waals surface area (Å²) in [5.41, 5.74) is 4.10. The van der Waals surface area contributed by atoms with Crippen molar-refractivity contribution >= 4 is 13.4 Å². The Morgan fingerprint density at radius 1 is 0.800 bits per heavy atom. The van der Waals surface area contributed by atoms with Gasteiger partial charge in [-0.1, -0.05) is 61.4 Å². The van der Waals surface area contributed by atoms with E-state index >= 15 is 4.39 Å². The molecule has 0 heterocycles. The Labute approximate surface area is 237 Å². The molecule has 1 atom stereocenters. The first-order valence-electron chi connectivity index (χ1n) is 14.8. The maximum absolute atomic E-state index is 15.3. The van der Waals surface area contributed by atoms with Crippen molar-refractivity contribution in [1.29, 1.82) is 0 Å². The number of halogens is 3. The van der Waals surface area contributed by atoms with Crippen LogP contribution in [0.3, 0.4) is 0 Å². The van der Waals surface area contributed by atoms with Crippen LogP contribution in [-0.2, 0) is 0 Å². The molecule has 0 bridgehead atoms. The molecule has 1 saturated carbocycles. The Balaban J connectivity index is 1.23. The highest BCUT2D eigenvalue weighted by Gasteiger charge is 2.29. The van der Waals surface area contributed by atoms with Crippen LogP contribution in [0.4, 0.5) is 13.2 Å². The van der Waals surface area contributed by atoms with Crippen molar-refractivity contribution < 1.29 is 17.9 Å². The largest absolute Gasteiger partial charge is 0.500 e. The van der Waals surface area contributed by atoms with E-state index in [4.69, 9.17) is 4.74 Å². The number of allylic oxidation sites excluding steroid dienone is 3. The molecule has 3 aromatic carbocycles. The predicted molar refractivity (Wildman–Crippen MR) is 161 cm³/mol. The molecule has 2 aliphatic rings. The predicted octanol–water partition coefficient (Wildman–Crippen LogP) is 9.36. The van der Waals surface area contributed by atoms with E-state index < -0.39 is 11.6 Å². The summed E-state index contributed by atoms with van der Waals surface area (Å²) in [7, 11) is 1.72. The first kappa shape index (κ1) is 28.3. The van der Waals surface area contributed by atoms with E-state index in [1.807, 2.05) is 30.3 Å². The number of hydrogen-bond acceptors (Lipinski definition) is 1. The van der Waals surface area contributed by atoms with E-state index in [-0.39, 0.29) is 23.6 Å². The molecule has 0 radical (unpaired) electrons. The minimum atomic E-state index is -0.990. The van der Waals surface area contributed by atoms with Crippen molar-refractivity contribution in [3.05, 3.63) is 96.3 Å². The third-order valence-corrected chi connectivity index (χ3v) is 8.98. The van der Waals surface area contributed by atoms with Gasteiger partial charge in [-0.15, -0.1) is 6.58 Å². The molecule has 208 valence electrons. The van der Waals surface area contributed by atoms with E-state index in [0.29, 0.717) is 11.1 Å². The van der Waals surface area contributed by atoms with Gasteiger partial charge in [0.15, 0.2) is 19.4 Å². The van der Waals surface area contributed by atoms with Gasteiger partial charge in [0.2, 0.25) is 5.82 Å². The van der Waals surface area contributed by atoms with Crippen molar-refractivity contribution in [3.8, 4) is 28.0 Å². The maximum Gasteiger partial charge on any atom is 0.201 e. The Hall–Kier alpha value is -3.21. The van der Waals surface area contributed by atoms with Crippen LogP contribution in [0.5, 0.6) is 5.75 Å². The minimum absolute atomic E-state index is 0.0958. The smallest absolute Gasteiger partial charge is 0.201 e. The second kappa shape index (κ2) is 13.0. The second-order valence-electron chi connectivity index (χ2n) is 11.4. The Morgan fingerprint density at radius 2 is 1.50 bits per heavy atom. The van der Waals surface area contributed by atoms with Gasteiger partial charge in [0.1, 0.15) is 5.82 Å². The number of benzene rings is 3. The molecule has 1 nitrogen and oxygen atoms in total. The van der Waals surface area contributed by atoms with Gasteiger partial charge in [-0.25, -0.2) is 8.78 Å². The molecule has 0 amide bonds. The van der Waals surface area contributed by atoms with Crippen LogP contribution in [-0.4, -0.2) is 14.4 Å². The normalized spacial score (nSPS) is 21.1. The average molecular weight is 542 g/mol. The molecule has 3 aromatic rings. The Morgan fingerprint density at radius 3 is 2.15 bits per heavy atom. The fourth-order valence-electron chi connectivity index (χ4n) is 6.65. The summed E-state index contributed by atoms with van der Waals surface area (Å²) in [6.07, 6.45) is 15.2. The third-order valence-electron chi connectivity index (χ3n) is 8.98. The van der Waals surface area contributed by atoms with Crippen molar-refractivity contribution in [2.45, 2.75) is 57.8 Å². The van der Waals surface area contributed by atoms with E-state index in [1.165, 1.54) is 44.2 Å². The maximum atomic E-state index is 15.3. The molecule has 5 rings (SSSR count). The highest BCUT2D eigenvalue weighted by atomic mass is 19.2. The van der Waals surface area contributed by atoms with Gasteiger partial charge in [-0.3, -0.25) is 0 Å². The van der Waals surface area contributed by atoms with E-state index in [9.17, 15) is 8.78 Å². The molecule has 0 spiro atoms. The number of hydrogen-bond donors (Lipinski definition) is 0. The van der Waals surface area contributed by atoms with Crippen molar-refractivity contribution in [2.24, 2.45) is 17.8 Å². The fraction of sp³-hybridized carbons (Fsp3) is 0.371. The molecule has 0 aromatic heterocycles. The standard InChI is InChI=1S/C35H38BF3O/c1-2-3-4-23-5-7-24(8-6-23)25-9-13-27(14-10-25)30-18-17-29(21-32(30)37)26-11-15-28(16-12-26)31-19-20-33(40-22-36)35(39)34(31)38/h2,11-13,15-21,23-25H,1,3-10,14,22,36H2. The lowest BCUT2D eigenvalue weighted by molar-refractivity contribution is 0.190. The zero-order valence-electron chi connectivity index (χ0n) is 23.4. The molecular weight excluding hydrogens is 504 g/mol. The van der Waals surface area contributed by atoms with Crippen molar-refractivity contribution in [3.63, 3.8) is 0 Å². The molecular formula is C35H38BF3O. The van der Waals surface area contributed by atoms with Gasteiger partial charge in [0.25, 0.3) is 0 Å². The lowest BCUT2D eigenvalue weighted by Crippen LogP contribution is -2.23. The number of rotatable bonds is 9. The molecule has 0 saturated heterocycles. The topological polar surface area (TPSA) is 9.23 Å². The van der Waals surface area contributed by atoms with E-state index in [2.05, 4.69) is 12.7 Å². The third kappa shape index (κ3) is 6.24. The SMILES string of the molecule is BCOc1ccc(-c2ccc(-c3ccc(C4=CCC(C5CCC(CCC=C)CC5)CC4)c(F)c3)cc2)c(F)c1F. The van der Waals surface area contributed by atoms with Crippen molar-refractivity contribution in [1.82, 2.24) is 0 Å². The molecule has 1 unspecified atom stereocenters. The first-order chi connectivity index (χ1) is 19.5. The molecule has 0 aliphatic heterocycles. The quantitative estimate of drug-likeness (QED) is 0.193. The van der Waals surface area contributed by atoms with Crippen LogP contribution in [0.1, 0.15) is 63.4 Å². The van der Waals surface area contributed by atoms with Crippen molar-refractivity contribution in [2.75, 3.05) is 6.51 Å². The summed E-state index contributed by atoms with van der Waals surface area (Å²) in [6, 6.07) is 15.5. The van der Waals surface area contributed by atoms with Gasteiger partial charge in [0.05, 0.1) is 6.51 Å². The van der Waals surface area contributed by atoms with Gasteiger partial charge >= 0.3 is 0 Å². The number of ether oxygens (including phenoxy) is 1. The second-order valence-corrected chi connectivity index (χ2v) is 11.4. The average Bonchev–Trinajstić information content (AvgIpc) is 2.99. The molecule has 5 heteroatoms. The van der Waals surface area contributed by atoms with Gasteiger partial charge in [-0.05, 0) is 103 Å². The van der Waals surface area contributed by atoms with E-state index in [1.54, 1.807) is 26.0 Å². The van der Waals surface area contributed by atoms with Gasteiger partial charge < -0.3 is 4.74 Å². The Bertz CT molecular complexity index is 1360. The fourth-order valence-corrected chi connectivity index (χ4v) is 6.65. The summed E-state index contributed by atoms with van der Waals surface area (Å²) in [5.74, 6) is 0.155. The van der Waals surface area contributed by atoms with Crippen LogP contribution < -0.4 is 4.74 Å². The summed E-state index contributed by atoms with van der Waals surface area (Å²) in [4.78, 5) is 0. The van der Waals surface area contributed by atoms with Crippen LogP contribution in [0.15, 0.2) is 73.3 Å². The summed E-state index contributed by atoms with van der Waals surface area (Å²) >= 11 is 0.